The second-order valence-corrected chi connectivity index (χ2v) is 5.42. The van der Waals surface area contributed by atoms with Crippen LogP contribution >= 0.6 is 15.9 Å². The van der Waals surface area contributed by atoms with Gasteiger partial charge in [0.15, 0.2) is 0 Å². The number of benzene rings is 1. The highest BCUT2D eigenvalue weighted by Gasteiger charge is 2.03. The molecule has 0 spiro atoms. The first-order valence-electron chi connectivity index (χ1n) is 6.43. The van der Waals surface area contributed by atoms with Crippen LogP contribution in [0.25, 0.3) is 0 Å². The lowest BCUT2D eigenvalue weighted by atomic mass is 10.1. The summed E-state index contributed by atoms with van der Waals surface area (Å²) in [5.41, 5.74) is 1.97. The Kier molecular flexibility index (Phi) is 7.21. The molecule has 0 aliphatic heterocycles. The van der Waals surface area contributed by atoms with E-state index in [-0.39, 0.29) is 5.82 Å². The molecule has 1 aromatic carbocycles. The molecule has 3 heteroatoms. The minimum Gasteiger partial charge on any atom is -0.316 e. The third kappa shape index (κ3) is 5.78. The van der Waals surface area contributed by atoms with Gasteiger partial charge in [0, 0.05) is 4.47 Å². The van der Waals surface area contributed by atoms with Gasteiger partial charge in [-0.1, -0.05) is 40.6 Å². The Labute approximate surface area is 118 Å². The summed E-state index contributed by atoms with van der Waals surface area (Å²) in [4.78, 5) is 0. The third-order valence-corrected chi connectivity index (χ3v) is 3.22. The van der Waals surface area contributed by atoms with E-state index in [9.17, 15) is 4.39 Å². The Morgan fingerprint density at radius 1 is 1.39 bits per heavy atom. The maximum absolute atomic E-state index is 13.6. The number of halogens is 2. The number of nitrogens with one attached hydrogen (secondary N) is 1. The summed E-state index contributed by atoms with van der Waals surface area (Å²) in [5, 5.41) is 3.35. The van der Waals surface area contributed by atoms with Gasteiger partial charge in [0.1, 0.15) is 5.82 Å². The summed E-state index contributed by atoms with van der Waals surface area (Å²) in [5.74, 6) is -0.138. The molecule has 1 aromatic rings. The van der Waals surface area contributed by atoms with Gasteiger partial charge in [-0.05, 0) is 57.0 Å². The van der Waals surface area contributed by atoms with E-state index in [1.54, 1.807) is 0 Å². The van der Waals surface area contributed by atoms with Crippen molar-refractivity contribution in [3.05, 3.63) is 45.7 Å². The quantitative estimate of drug-likeness (QED) is 0.578. The third-order valence-electron chi connectivity index (χ3n) is 2.73. The molecule has 1 N–H and O–H groups in total. The Hall–Kier alpha value is -0.670. The molecular weight excluding hydrogens is 293 g/mol. The van der Waals surface area contributed by atoms with Crippen LogP contribution in [0.3, 0.4) is 0 Å². The van der Waals surface area contributed by atoms with Gasteiger partial charge in [0.2, 0.25) is 0 Å². The Morgan fingerprint density at radius 3 is 2.83 bits per heavy atom. The van der Waals surface area contributed by atoms with E-state index in [0.717, 1.165) is 36.0 Å². The fourth-order valence-electron chi connectivity index (χ4n) is 1.76. The molecule has 0 bridgehead atoms. The first kappa shape index (κ1) is 15.4. The predicted octanol–water partition coefficient (Wildman–Crippen LogP) is 4.47. The minimum atomic E-state index is -0.138. The summed E-state index contributed by atoms with van der Waals surface area (Å²) >= 11 is 3.27. The van der Waals surface area contributed by atoms with Crippen molar-refractivity contribution >= 4 is 15.9 Å². The molecule has 0 saturated heterocycles. The molecule has 1 nitrogen and oxygen atoms in total. The highest BCUT2D eigenvalue weighted by atomic mass is 79.9. The number of hydrogen-bond acceptors (Lipinski definition) is 1. The molecule has 0 aliphatic carbocycles. The van der Waals surface area contributed by atoms with Crippen molar-refractivity contribution in [2.24, 2.45) is 0 Å². The Balaban J connectivity index is 2.43. The first-order valence-corrected chi connectivity index (χ1v) is 7.23. The zero-order valence-electron chi connectivity index (χ0n) is 11.1. The summed E-state index contributed by atoms with van der Waals surface area (Å²) in [6.45, 7) is 6.27. The Bertz CT molecular complexity index is 401. The van der Waals surface area contributed by atoms with Crippen molar-refractivity contribution in [1.29, 1.82) is 0 Å². The average Bonchev–Trinajstić information content (AvgIpc) is 2.32. The van der Waals surface area contributed by atoms with Crippen LogP contribution in [0.2, 0.25) is 0 Å². The fourth-order valence-corrected chi connectivity index (χ4v) is 2.09. The molecule has 1 rings (SSSR count). The average molecular weight is 314 g/mol. The van der Waals surface area contributed by atoms with Crippen LogP contribution in [0, 0.1) is 5.82 Å². The van der Waals surface area contributed by atoms with Gasteiger partial charge >= 0.3 is 0 Å². The topological polar surface area (TPSA) is 12.0 Å². The molecule has 0 aliphatic rings. The van der Waals surface area contributed by atoms with Gasteiger partial charge in [-0.3, -0.25) is 0 Å². The lowest BCUT2D eigenvalue weighted by Crippen LogP contribution is -2.15. The molecule has 0 saturated carbocycles. The second kappa shape index (κ2) is 8.44. The molecule has 0 radical (unpaired) electrons. The molecule has 0 heterocycles. The fraction of sp³-hybridized carbons (Fsp3) is 0.467. The maximum Gasteiger partial charge on any atom is 0.127 e. The van der Waals surface area contributed by atoms with E-state index < -0.39 is 0 Å². The number of allylic oxidation sites excluding steroid dienone is 1. The maximum atomic E-state index is 13.6. The van der Waals surface area contributed by atoms with E-state index in [2.05, 4.69) is 41.2 Å². The largest absolute Gasteiger partial charge is 0.316 e. The van der Waals surface area contributed by atoms with Gasteiger partial charge in [-0.15, -0.1) is 0 Å². The van der Waals surface area contributed by atoms with Gasteiger partial charge in [0.25, 0.3) is 0 Å². The Morgan fingerprint density at radius 2 is 2.17 bits per heavy atom. The zero-order chi connectivity index (χ0) is 13.4. The van der Waals surface area contributed by atoms with Crippen molar-refractivity contribution in [2.75, 3.05) is 13.1 Å². The van der Waals surface area contributed by atoms with E-state index >= 15 is 0 Å². The van der Waals surface area contributed by atoms with Crippen LogP contribution in [0.1, 0.15) is 32.3 Å². The number of hydrogen-bond donors (Lipinski definition) is 1. The predicted molar refractivity (Wildman–Crippen MR) is 79.3 cm³/mol. The zero-order valence-corrected chi connectivity index (χ0v) is 12.7. The minimum absolute atomic E-state index is 0.138. The SMILES string of the molecule is CCCNCCC=C(C)Cc1ccc(Br)cc1F. The van der Waals surface area contributed by atoms with Crippen molar-refractivity contribution < 1.29 is 4.39 Å². The molecule has 0 amide bonds. The van der Waals surface area contributed by atoms with Crippen molar-refractivity contribution in [1.82, 2.24) is 5.32 Å². The van der Waals surface area contributed by atoms with Crippen LogP contribution in [0.5, 0.6) is 0 Å². The highest BCUT2D eigenvalue weighted by molar-refractivity contribution is 9.10. The van der Waals surface area contributed by atoms with Gasteiger partial charge in [-0.2, -0.15) is 0 Å². The van der Waals surface area contributed by atoms with E-state index in [0.29, 0.717) is 6.42 Å². The molecule has 0 fully saturated rings. The van der Waals surface area contributed by atoms with E-state index in [1.165, 1.54) is 11.6 Å². The second-order valence-electron chi connectivity index (χ2n) is 4.50. The monoisotopic (exact) mass is 313 g/mol. The highest BCUT2D eigenvalue weighted by Crippen LogP contribution is 2.18. The summed E-state index contributed by atoms with van der Waals surface area (Å²) in [7, 11) is 0. The van der Waals surface area contributed by atoms with Crippen molar-refractivity contribution in [2.45, 2.75) is 33.1 Å². The first-order chi connectivity index (χ1) is 8.63. The van der Waals surface area contributed by atoms with Crippen LogP contribution in [-0.4, -0.2) is 13.1 Å². The molecule has 0 aromatic heterocycles. The molecule has 100 valence electrons. The lowest BCUT2D eigenvalue weighted by molar-refractivity contribution is 0.612. The summed E-state index contributed by atoms with van der Waals surface area (Å²) in [6, 6.07) is 5.24. The van der Waals surface area contributed by atoms with E-state index in [4.69, 9.17) is 0 Å². The normalized spacial score (nSPS) is 11.9. The summed E-state index contributed by atoms with van der Waals surface area (Å²) < 4.78 is 14.4. The van der Waals surface area contributed by atoms with Crippen molar-refractivity contribution in [3.8, 4) is 0 Å². The van der Waals surface area contributed by atoms with Gasteiger partial charge < -0.3 is 5.32 Å². The lowest BCUT2D eigenvalue weighted by Gasteiger charge is -2.05. The standard InChI is InChI=1S/C15H21BrFN/c1-3-8-18-9-4-5-12(2)10-13-6-7-14(16)11-15(13)17/h5-7,11,18H,3-4,8-10H2,1-2H3. The molecule has 0 atom stereocenters. The molecule has 0 unspecified atom stereocenters. The van der Waals surface area contributed by atoms with Crippen LogP contribution in [0.15, 0.2) is 34.3 Å². The van der Waals surface area contributed by atoms with Crippen molar-refractivity contribution in [3.63, 3.8) is 0 Å². The smallest absolute Gasteiger partial charge is 0.127 e. The van der Waals surface area contributed by atoms with Gasteiger partial charge in [-0.25, -0.2) is 4.39 Å². The van der Waals surface area contributed by atoms with Crippen LogP contribution in [-0.2, 0) is 6.42 Å². The molecular formula is C15H21BrFN. The number of rotatable bonds is 7. The van der Waals surface area contributed by atoms with E-state index in [1.807, 2.05) is 12.1 Å². The molecule has 18 heavy (non-hydrogen) atoms. The summed E-state index contributed by atoms with van der Waals surface area (Å²) in [6.07, 6.45) is 5.04. The van der Waals surface area contributed by atoms with Crippen LogP contribution in [0.4, 0.5) is 4.39 Å². The van der Waals surface area contributed by atoms with Crippen LogP contribution < -0.4 is 5.32 Å². The van der Waals surface area contributed by atoms with Gasteiger partial charge in [0.05, 0.1) is 0 Å².